The summed E-state index contributed by atoms with van der Waals surface area (Å²) in [6.45, 7) is 10.7. The molecule has 0 saturated carbocycles. The molecule has 2 aromatic heterocycles. The summed E-state index contributed by atoms with van der Waals surface area (Å²) in [5.41, 5.74) is 6.43. The van der Waals surface area contributed by atoms with Crippen molar-refractivity contribution >= 4 is 41.0 Å². The molecular formula is C32H34ClN5O2S. The highest BCUT2D eigenvalue weighted by molar-refractivity contribution is 8.00. The van der Waals surface area contributed by atoms with Crippen LogP contribution in [0.2, 0.25) is 5.02 Å². The fourth-order valence-corrected chi connectivity index (χ4v) is 6.50. The van der Waals surface area contributed by atoms with Gasteiger partial charge in [-0.3, -0.25) is 19.5 Å². The van der Waals surface area contributed by atoms with Gasteiger partial charge in [-0.1, -0.05) is 62.2 Å². The summed E-state index contributed by atoms with van der Waals surface area (Å²) >= 11 is 7.99. The monoisotopic (exact) mass is 587 g/mol. The lowest BCUT2D eigenvalue weighted by atomic mass is 9.87. The predicted molar refractivity (Wildman–Crippen MR) is 166 cm³/mol. The Labute approximate surface area is 250 Å². The van der Waals surface area contributed by atoms with Crippen LogP contribution < -0.4 is 10.2 Å². The number of amides is 2. The third-order valence-corrected chi connectivity index (χ3v) is 8.56. The van der Waals surface area contributed by atoms with Crippen LogP contribution in [0.5, 0.6) is 0 Å². The van der Waals surface area contributed by atoms with Crippen molar-refractivity contribution in [3.8, 4) is 5.69 Å². The Morgan fingerprint density at radius 3 is 2.54 bits per heavy atom. The van der Waals surface area contributed by atoms with E-state index in [1.54, 1.807) is 29.1 Å². The Kier molecular flexibility index (Phi) is 8.25. The predicted octanol–water partition coefficient (Wildman–Crippen LogP) is 6.32. The molecule has 0 bridgehead atoms. The second-order valence-electron chi connectivity index (χ2n) is 11.4. The summed E-state index contributed by atoms with van der Waals surface area (Å²) in [4.78, 5) is 32.8. The van der Waals surface area contributed by atoms with Gasteiger partial charge in [-0.15, -0.1) is 11.8 Å². The topological polar surface area (TPSA) is 80.1 Å². The number of carbonyl (C=O) groups excluding carboxylic acids is 2. The number of nitrogens with zero attached hydrogens (tertiary/aromatic N) is 4. The second-order valence-corrected chi connectivity index (χ2v) is 12.9. The first-order chi connectivity index (χ1) is 19.5. The van der Waals surface area contributed by atoms with Gasteiger partial charge in [0.25, 0.3) is 0 Å². The number of fused-ring (bicyclic) bond motifs is 1. The summed E-state index contributed by atoms with van der Waals surface area (Å²) < 4.78 is 1.86. The van der Waals surface area contributed by atoms with Gasteiger partial charge in [-0.25, -0.2) is 4.68 Å². The van der Waals surface area contributed by atoms with Crippen LogP contribution in [0.4, 0.5) is 5.82 Å². The van der Waals surface area contributed by atoms with Crippen molar-refractivity contribution < 1.29 is 9.59 Å². The largest absolute Gasteiger partial charge is 0.350 e. The Bertz CT molecular complexity index is 1600. The lowest BCUT2D eigenvalue weighted by Crippen LogP contribution is -2.42. The van der Waals surface area contributed by atoms with Crippen LogP contribution in [0.1, 0.15) is 59.5 Å². The van der Waals surface area contributed by atoms with E-state index in [-0.39, 0.29) is 34.8 Å². The average Bonchev–Trinajstić information content (AvgIpc) is 3.25. The van der Waals surface area contributed by atoms with Gasteiger partial charge in [0.05, 0.1) is 22.4 Å². The number of hydrogen-bond donors (Lipinski definition) is 1. The zero-order valence-corrected chi connectivity index (χ0v) is 25.5. The van der Waals surface area contributed by atoms with Gasteiger partial charge >= 0.3 is 0 Å². The number of hydrogen-bond acceptors (Lipinski definition) is 5. The number of anilines is 1. The van der Waals surface area contributed by atoms with E-state index in [1.165, 1.54) is 0 Å². The first-order valence-corrected chi connectivity index (χ1v) is 15.0. The Balaban J connectivity index is 1.68. The molecule has 4 aromatic rings. The zero-order chi connectivity index (χ0) is 29.3. The molecule has 5 rings (SSSR count). The molecule has 0 aliphatic carbocycles. The molecule has 0 radical (unpaired) electrons. The minimum Gasteiger partial charge on any atom is -0.350 e. The number of carbonyl (C=O) groups is 2. The van der Waals surface area contributed by atoms with Crippen molar-refractivity contribution in [1.29, 1.82) is 0 Å². The molecule has 0 fully saturated rings. The molecule has 1 aliphatic rings. The average molecular weight is 588 g/mol. The molecule has 2 amide bonds. The van der Waals surface area contributed by atoms with Crippen molar-refractivity contribution in [3.05, 3.63) is 106 Å². The lowest BCUT2D eigenvalue weighted by molar-refractivity contribution is -0.123. The molecule has 0 saturated heterocycles. The Morgan fingerprint density at radius 2 is 1.85 bits per heavy atom. The van der Waals surface area contributed by atoms with Gasteiger partial charge in [0, 0.05) is 34.9 Å². The summed E-state index contributed by atoms with van der Waals surface area (Å²) in [7, 11) is 0. The number of thioether (sulfide) groups is 1. The summed E-state index contributed by atoms with van der Waals surface area (Å²) in [6.07, 6.45) is 3.38. The zero-order valence-electron chi connectivity index (χ0n) is 23.9. The number of aryl methyl sites for hydroxylation is 2. The first-order valence-electron chi connectivity index (χ1n) is 13.6. The van der Waals surface area contributed by atoms with Crippen LogP contribution in [0.25, 0.3) is 5.69 Å². The summed E-state index contributed by atoms with van der Waals surface area (Å²) in [6, 6.07) is 17.7. The maximum atomic E-state index is 13.9. The number of nitrogens with one attached hydrogen (secondary N) is 1. The van der Waals surface area contributed by atoms with Crippen molar-refractivity contribution in [1.82, 2.24) is 20.1 Å². The van der Waals surface area contributed by atoms with E-state index < -0.39 is 0 Å². The van der Waals surface area contributed by atoms with Crippen LogP contribution in [0, 0.1) is 13.8 Å². The fraction of sp³-hybridized carbons (Fsp3) is 0.312. The summed E-state index contributed by atoms with van der Waals surface area (Å²) in [5, 5.41) is 8.58. The summed E-state index contributed by atoms with van der Waals surface area (Å²) in [5.74, 6) is 0.435. The Hall–Kier alpha value is -3.62. The van der Waals surface area contributed by atoms with Gasteiger partial charge in [-0.2, -0.15) is 5.10 Å². The third-order valence-electron chi connectivity index (χ3n) is 7.07. The third kappa shape index (κ3) is 6.19. The van der Waals surface area contributed by atoms with E-state index in [1.807, 2.05) is 60.1 Å². The molecule has 3 heterocycles. The maximum absolute atomic E-state index is 13.9. The highest BCUT2D eigenvalue weighted by atomic mass is 35.5. The number of aromatic nitrogens is 3. The van der Waals surface area contributed by atoms with E-state index in [0.717, 1.165) is 39.2 Å². The number of halogens is 1. The van der Waals surface area contributed by atoms with E-state index in [2.05, 4.69) is 44.1 Å². The minimum atomic E-state index is -0.339. The molecule has 1 N–H and O–H groups in total. The smallest absolute Gasteiger partial charge is 0.240 e. The van der Waals surface area contributed by atoms with Gasteiger partial charge < -0.3 is 5.32 Å². The maximum Gasteiger partial charge on any atom is 0.240 e. The molecule has 0 unspecified atom stereocenters. The van der Waals surface area contributed by atoms with Crippen LogP contribution in [0.15, 0.2) is 67.0 Å². The van der Waals surface area contributed by atoms with E-state index >= 15 is 0 Å². The number of pyridine rings is 1. The van der Waals surface area contributed by atoms with Gasteiger partial charge in [-0.05, 0) is 60.9 Å². The lowest BCUT2D eigenvalue weighted by Gasteiger charge is -2.25. The number of benzene rings is 2. The van der Waals surface area contributed by atoms with Gasteiger partial charge in [0.15, 0.2) is 0 Å². The van der Waals surface area contributed by atoms with Gasteiger partial charge in [0.1, 0.15) is 12.4 Å². The van der Waals surface area contributed by atoms with Crippen molar-refractivity contribution in [2.75, 3.05) is 17.2 Å². The van der Waals surface area contributed by atoms with Crippen molar-refractivity contribution in [2.45, 2.75) is 51.8 Å². The molecule has 2 aromatic carbocycles. The molecule has 1 atom stereocenters. The van der Waals surface area contributed by atoms with Crippen LogP contribution in [-0.4, -0.2) is 38.9 Å². The van der Waals surface area contributed by atoms with Crippen molar-refractivity contribution in [2.24, 2.45) is 0 Å². The molecule has 9 heteroatoms. The molecule has 41 heavy (non-hydrogen) atoms. The molecule has 1 aliphatic heterocycles. The van der Waals surface area contributed by atoms with E-state index in [9.17, 15) is 9.59 Å². The van der Waals surface area contributed by atoms with Crippen LogP contribution >= 0.6 is 23.4 Å². The first kappa shape index (κ1) is 28.9. The van der Waals surface area contributed by atoms with Crippen LogP contribution in [-0.2, 0) is 21.5 Å². The molecule has 7 nitrogen and oxygen atoms in total. The standard InChI is InChI=1S/C32H34ClN5O2S/c1-20-9-10-25(21(2)15-20)38-31-28(30(36-38)32(3,4)5)29(23-7-6-8-24(33)16-23)41-19-27(40)37(31)18-26(39)35-17-22-11-13-34-14-12-22/h6-16,29H,17-19H2,1-5H3,(H,35,39)/t29-/m1/s1. The minimum absolute atomic E-state index is 0.125. The van der Waals surface area contributed by atoms with E-state index in [4.69, 9.17) is 16.7 Å². The van der Waals surface area contributed by atoms with Crippen molar-refractivity contribution in [3.63, 3.8) is 0 Å². The molecule has 212 valence electrons. The van der Waals surface area contributed by atoms with Crippen LogP contribution in [0.3, 0.4) is 0 Å². The normalized spacial score (nSPS) is 15.4. The molecular weight excluding hydrogens is 554 g/mol. The number of rotatable bonds is 6. The van der Waals surface area contributed by atoms with Gasteiger partial charge in [0.2, 0.25) is 11.8 Å². The quantitative estimate of drug-likeness (QED) is 0.285. The second kappa shape index (κ2) is 11.7. The Morgan fingerprint density at radius 1 is 1.10 bits per heavy atom. The highest BCUT2D eigenvalue weighted by Crippen LogP contribution is 2.48. The van der Waals surface area contributed by atoms with E-state index in [0.29, 0.717) is 17.4 Å². The molecule has 0 spiro atoms. The highest BCUT2D eigenvalue weighted by Gasteiger charge is 2.40. The fourth-order valence-electron chi connectivity index (χ4n) is 5.12. The SMILES string of the molecule is Cc1ccc(-n2nc(C(C)(C)C)c3c2N(CC(=O)NCc2ccncc2)C(=O)CS[C@@H]3c2cccc(Cl)c2)c(C)c1.